The van der Waals surface area contributed by atoms with Crippen molar-refractivity contribution in [3.8, 4) is 0 Å². The number of likely N-dealkylation sites (tertiary alicyclic amines) is 1. The molecule has 2 rings (SSSR count). The lowest BCUT2D eigenvalue weighted by molar-refractivity contribution is 0.157. The molecule has 2 saturated heterocycles. The smallest absolute Gasteiger partial charge is 0.449 e. The Morgan fingerprint density at radius 2 is 2.00 bits per heavy atom. The first-order valence-electron chi connectivity index (χ1n) is 5.69. The second kappa shape index (κ2) is 4.33. The van der Waals surface area contributed by atoms with E-state index in [0.717, 1.165) is 26.2 Å². The zero-order valence-corrected chi connectivity index (χ0v) is 8.76. The van der Waals surface area contributed by atoms with E-state index in [1.807, 2.05) is 4.90 Å². The van der Waals surface area contributed by atoms with Gasteiger partial charge in [-0.2, -0.15) is 0 Å². The van der Waals surface area contributed by atoms with Crippen molar-refractivity contribution in [2.75, 3.05) is 32.7 Å². The first kappa shape index (κ1) is 11.3. The highest BCUT2D eigenvalue weighted by atomic mass is 19.4. The lowest BCUT2D eigenvalue weighted by Gasteiger charge is -2.40. The predicted molar refractivity (Wildman–Crippen MR) is 54.9 cm³/mol. The van der Waals surface area contributed by atoms with Gasteiger partial charge in [-0.15, -0.1) is 0 Å². The van der Waals surface area contributed by atoms with Gasteiger partial charge in [0.1, 0.15) is 0 Å². The number of hydrogen-bond donors (Lipinski definition) is 1. The molecule has 1 N–H and O–H groups in total. The van der Waals surface area contributed by atoms with Crippen molar-refractivity contribution in [3.63, 3.8) is 0 Å². The Labute approximate surface area is 88.3 Å². The van der Waals surface area contributed by atoms with Gasteiger partial charge in [0, 0.05) is 19.6 Å². The molecule has 15 heavy (non-hydrogen) atoms. The number of halogens is 3. The average Bonchev–Trinajstić information content (AvgIpc) is 2.11. The second-order valence-corrected chi connectivity index (χ2v) is 4.81. The molecule has 0 bridgehead atoms. The predicted octanol–water partition coefficient (Wildman–Crippen LogP) is 1.52. The van der Waals surface area contributed by atoms with E-state index < -0.39 is 12.8 Å². The summed E-state index contributed by atoms with van der Waals surface area (Å²) in [5, 5.41) is 3.15. The van der Waals surface area contributed by atoms with Crippen LogP contribution in [0, 0.1) is 5.92 Å². The molecule has 2 aliphatic rings. The van der Waals surface area contributed by atoms with Gasteiger partial charge in [-0.1, -0.05) is 12.2 Å². The van der Waals surface area contributed by atoms with Gasteiger partial charge >= 0.3 is 6.98 Å². The van der Waals surface area contributed by atoms with Crippen LogP contribution in [-0.4, -0.2) is 44.6 Å². The summed E-state index contributed by atoms with van der Waals surface area (Å²) in [7, 11) is 0. The molecule has 2 aliphatic heterocycles. The normalized spacial score (nSPS) is 30.2. The number of piperidine rings is 1. The topological polar surface area (TPSA) is 15.3 Å². The lowest BCUT2D eigenvalue weighted by atomic mass is 9.68. The molecule has 1 atom stereocenters. The molecule has 1 unspecified atom stereocenters. The second-order valence-electron chi connectivity index (χ2n) is 4.81. The molecule has 0 spiro atoms. The third kappa shape index (κ3) is 2.87. The molecule has 0 saturated carbocycles. The highest BCUT2D eigenvalue weighted by Crippen LogP contribution is 2.34. The van der Waals surface area contributed by atoms with E-state index in [2.05, 4.69) is 5.32 Å². The number of nitrogens with one attached hydrogen (secondary N) is 1. The molecule has 0 aliphatic carbocycles. The quantitative estimate of drug-likeness (QED) is 0.727. The van der Waals surface area contributed by atoms with Crippen LogP contribution in [0.2, 0.25) is 5.82 Å². The van der Waals surface area contributed by atoms with E-state index in [4.69, 9.17) is 0 Å². The zero-order chi connectivity index (χ0) is 10.9. The summed E-state index contributed by atoms with van der Waals surface area (Å²) in [6, 6.07) is 0. The SMILES string of the molecule is F[B-](F)(F)C1CCCN(CC2CNC2)C1. The van der Waals surface area contributed by atoms with E-state index >= 15 is 0 Å². The van der Waals surface area contributed by atoms with E-state index in [0.29, 0.717) is 18.8 Å². The zero-order valence-electron chi connectivity index (χ0n) is 8.76. The summed E-state index contributed by atoms with van der Waals surface area (Å²) in [6.45, 7) is -0.765. The van der Waals surface area contributed by atoms with Crippen molar-refractivity contribution in [2.45, 2.75) is 18.7 Å². The maximum Gasteiger partial charge on any atom is 0.482 e. The summed E-state index contributed by atoms with van der Waals surface area (Å²) in [5.41, 5.74) is 0. The standard InChI is InChI=1S/C9H17BF3N2/c11-10(12,13)9-2-1-3-15(7-9)6-8-4-14-5-8/h8-9,14H,1-7H2/q-1. The van der Waals surface area contributed by atoms with E-state index in [9.17, 15) is 12.9 Å². The molecule has 0 aromatic heterocycles. The van der Waals surface area contributed by atoms with E-state index in [-0.39, 0.29) is 6.54 Å². The van der Waals surface area contributed by atoms with Crippen molar-refractivity contribution >= 4 is 6.98 Å². The average molecular weight is 221 g/mol. The Morgan fingerprint density at radius 3 is 2.53 bits per heavy atom. The summed E-state index contributed by atoms with van der Waals surface area (Å²) < 4.78 is 37.7. The summed E-state index contributed by atoms with van der Waals surface area (Å²) in [4.78, 5) is 1.99. The Balaban J connectivity index is 1.81. The fourth-order valence-corrected chi connectivity index (χ4v) is 2.41. The van der Waals surface area contributed by atoms with E-state index in [1.54, 1.807) is 0 Å². The highest BCUT2D eigenvalue weighted by molar-refractivity contribution is 6.60. The molecule has 6 heteroatoms. The van der Waals surface area contributed by atoms with Crippen LogP contribution in [0.3, 0.4) is 0 Å². The molecule has 0 aromatic rings. The summed E-state index contributed by atoms with van der Waals surface area (Å²) in [6.07, 6.45) is 1.04. The monoisotopic (exact) mass is 221 g/mol. The van der Waals surface area contributed by atoms with Crippen LogP contribution in [0.4, 0.5) is 12.9 Å². The first-order chi connectivity index (χ1) is 7.05. The van der Waals surface area contributed by atoms with Crippen molar-refractivity contribution in [1.82, 2.24) is 10.2 Å². The Morgan fingerprint density at radius 1 is 1.27 bits per heavy atom. The van der Waals surface area contributed by atoms with Crippen LogP contribution >= 0.6 is 0 Å². The molecule has 88 valence electrons. The van der Waals surface area contributed by atoms with Gasteiger partial charge in [0.15, 0.2) is 0 Å². The number of rotatable bonds is 3. The van der Waals surface area contributed by atoms with Gasteiger partial charge in [0.25, 0.3) is 0 Å². The third-order valence-corrected chi connectivity index (χ3v) is 3.46. The van der Waals surface area contributed by atoms with Crippen LogP contribution in [0.1, 0.15) is 12.8 Å². The lowest BCUT2D eigenvalue weighted by Crippen LogP contribution is -2.50. The first-order valence-corrected chi connectivity index (χ1v) is 5.69. The van der Waals surface area contributed by atoms with Crippen molar-refractivity contribution in [2.24, 2.45) is 5.92 Å². The van der Waals surface area contributed by atoms with Crippen LogP contribution < -0.4 is 5.32 Å². The maximum atomic E-state index is 12.6. The fourth-order valence-electron chi connectivity index (χ4n) is 2.41. The molecule has 2 nitrogen and oxygen atoms in total. The van der Waals surface area contributed by atoms with Crippen LogP contribution in [0.25, 0.3) is 0 Å². The molecule has 0 aromatic carbocycles. The molecular formula is C9H17BF3N2-. The van der Waals surface area contributed by atoms with Crippen molar-refractivity contribution in [1.29, 1.82) is 0 Å². The summed E-state index contributed by atoms with van der Waals surface area (Å²) >= 11 is 0. The molecular weight excluding hydrogens is 204 g/mol. The van der Waals surface area contributed by atoms with Crippen LogP contribution in [0.15, 0.2) is 0 Å². The molecule has 0 radical (unpaired) electrons. The Bertz CT molecular complexity index is 218. The van der Waals surface area contributed by atoms with Gasteiger partial charge in [-0.25, -0.2) is 0 Å². The van der Waals surface area contributed by atoms with Crippen molar-refractivity contribution < 1.29 is 12.9 Å². The number of hydrogen-bond acceptors (Lipinski definition) is 2. The van der Waals surface area contributed by atoms with Crippen LogP contribution in [-0.2, 0) is 0 Å². The molecule has 0 amide bonds. The van der Waals surface area contributed by atoms with Gasteiger partial charge in [-0.05, 0) is 25.4 Å². The molecule has 2 heterocycles. The highest BCUT2D eigenvalue weighted by Gasteiger charge is 2.37. The minimum absolute atomic E-state index is 0.236. The fraction of sp³-hybridized carbons (Fsp3) is 1.00. The minimum Gasteiger partial charge on any atom is -0.449 e. The third-order valence-electron chi connectivity index (χ3n) is 3.46. The number of nitrogens with zero attached hydrogens (tertiary/aromatic N) is 1. The van der Waals surface area contributed by atoms with Gasteiger partial charge < -0.3 is 23.2 Å². The maximum absolute atomic E-state index is 12.6. The minimum atomic E-state index is -4.63. The Kier molecular flexibility index (Phi) is 3.26. The largest absolute Gasteiger partial charge is 0.482 e. The van der Waals surface area contributed by atoms with Gasteiger partial charge in [0.2, 0.25) is 0 Å². The van der Waals surface area contributed by atoms with Crippen molar-refractivity contribution in [3.05, 3.63) is 0 Å². The summed E-state index contributed by atoms with van der Waals surface area (Å²) in [5.74, 6) is -0.462. The van der Waals surface area contributed by atoms with Crippen LogP contribution in [0.5, 0.6) is 0 Å². The Hall–Kier alpha value is -0.225. The van der Waals surface area contributed by atoms with E-state index in [1.165, 1.54) is 0 Å². The van der Waals surface area contributed by atoms with Gasteiger partial charge in [0.05, 0.1) is 0 Å². The molecule has 2 fully saturated rings. The van der Waals surface area contributed by atoms with Gasteiger partial charge in [-0.3, -0.25) is 0 Å².